The Morgan fingerprint density at radius 2 is 1.79 bits per heavy atom. The highest BCUT2D eigenvalue weighted by Crippen LogP contribution is 2.34. The zero-order valence-corrected chi connectivity index (χ0v) is 15.0. The molecule has 3 amide bonds. The van der Waals surface area contributed by atoms with Crippen molar-refractivity contribution in [2.24, 2.45) is 11.8 Å². The molecule has 1 fully saturated rings. The first kappa shape index (κ1) is 16.9. The third-order valence-electron chi connectivity index (χ3n) is 4.65. The molecule has 2 aliphatic rings. The van der Waals surface area contributed by atoms with Crippen LogP contribution in [-0.4, -0.2) is 29.2 Å². The van der Waals surface area contributed by atoms with E-state index in [-0.39, 0.29) is 42.1 Å². The predicted octanol–water partition coefficient (Wildman–Crippen LogP) is 2.58. The van der Waals surface area contributed by atoms with Crippen LogP contribution in [0.1, 0.15) is 31.4 Å². The molecule has 1 aliphatic heterocycles. The van der Waals surface area contributed by atoms with Crippen LogP contribution in [0.25, 0.3) is 0 Å². The molecule has 1 aromatic carbocycles. The second-order valence-electron chi connectivity index (χ2n) is 6.23. The number of benzene rings is 1. The van der Waals surface area contributed by atoms with Gasteiger partial charge in [-0.2, -0.15) is 0 Å². The number of carbonyl (C=O) groups excluding carboxylic acids is 3. The van der Waals surface area contributed by atoms with E-state index in [0.29, 0.717) is 12.8 Å². The van der Waals surface area contributed by atoms with E-state index in [1.54, 1.807) is 0 Å². The summed E-state index contributed by atoms with van der Waals surface area (Å²) in [6.07, 6.45) is 5.04. The van der Waals surface area contributed by atoms with Gasteiger partial charge in [0.25, 0.3) is 0 Å². The van der Waals surface area contributed by atoms with Crippen molar-refractivity contribution in [2.45, 2.75) is 25.8 Å². The summed E-state index contributed by atoms with van der Waals surface area (Å²) in [5.41, 5.74) is 0.947. The van der Waals surface area contributed by atoms with E-state index in [4.69, 9.17) is 0 Å². The second kappa shape index (κ2) is 6.89. The maximum absolute atomic E-state index is 12.4. The fourth-order valence-corrected chi connectivity index (χ4v) is 3.99. The maximum atomic E-state index is 12.4. The van der Waals surface area contributed by atoms with Gasteiger partial charge in [0.05, 0.1) is 17.9 Å². The normalized spacial score (nSPS) is 24.0. The van der Waals surface area contributed by atoms with Gasteiger partial charge in [-0.15, -0.1) is 0 Å². The summed E-state index contributed by atoms with van der Waals surface area (Å²) in [5.74, 6) is -1.37. The van der Waals surface area contributed by atoms with E-state index in [9.17, 15) is 14.4 Å². The highest BCUT2D eigenvalue weighted by atomic mass is 79.9. The van der Waals surface area contributed by atoms with E-state index < -0.39 is 0 Å². The first-order chi connectivity index (χ1) is 11.5. The van der Waals surface area contributed by atoms with Crippen molar-refractivity contribution in [2.75, 3.05) is 6.54 Å². The highest BCUT2D eigenvalue weighted by molar-refractivity contribution is 9.10. The standard InChI is InChI=1S/C18H19BrN2O3/c1-11(12-6-4-5-9-15(12)19)20-16(22)10-21-17(23)13-7-2-3-8-14(13)18(21)24/h2-6,9,11,13-14H,7-8,10H2,1H3,(H,20,22)/t11-,13-,14+/m1/s1. The molecule has 1 N–H and O–H groups in total. The molecule has 3 atom stereocenters. The van der Waals surface area contributed by atoms with Crippen LogP contribution in [0.5, 0.6) is 0 Å². The minimum atomic E-state index is -0.327. The summed E-state index contributed by atoms with van der Waals surface area (Å²) in [4.78, 5) is 38.2. The van der Waals surface area contributed by atoms with Crippen molar-refractivity contribution in [1.82, 2.24) is 10.2 Å². The summed E-state index contributed by atoms with van der Waals surface area (Å²) in [6, 6.07) is 7.41. The van der Waals surface area contributed by atoms with Gasteiger partial charge in [0.1, 0.15) is 6.54 Å². The van der Waals surface area contributed by atoms with Gasteiger partial charge < -0.3 is 5.32 Å². The number of amides is 3. The summed E-state index contributed by atoms with van der Waals surface area (Å²) in [5, 5.41) is 2.86. The number of hydrogen-bond acceptors (Lipinski definition) is 3. The Kier molecular flexibility index (Phi) is 4.85. The molecule has 1 heterocycles. The molecule has 0 aromatic heterocycles. The molecule has 126 valence electrons. The van der Waals surface area contributed by atoms with Crippen LogP contribution in [0, 0.1) is 11.8 Å². The molecule has 0 bridgehead atoms. The lowest BCUT2D eigenvalue weighted by atomic mass is 9.85. The van der Waals surface area contributed by atoms with Gasteiger partial charge in [0, 0.05) is 4.47 Å². The minimum Gasteiger partial charge on any atom is -0.348 e. The quantitative estimate of drug-likeness (QED) is 0.634. The Labute approximate surface area is 149 Å². The van der Waals surface area contributed by atoms with Gasteiger partial charge in [-0.05, 0) is 31.4 Å². The lowest BCUT2D eigenvalue weighted by Gasteiger charge is -2.19. The van der Waals surface area contributed by atoms with Crippen LogP contribution in [0.15, 0.2) is 40.9 Å². The molecule has 0 radical (unpaired) electrons. The molecule has 0 saturated carbocycles. The first-order valence-electron chi connectivity index (χ1n) is 8.03. The third-order valence-corrected chi connectivity index (χ3v) is 5.37. The number of hydrogen-bond donors (Lipinski definition) is 1. The zero-order chi connectivity index (χ0) is 17.3. The van der Waals surface area contributed by atoms with Crippen LogP contribution >= 0.6 is 15.9 Å². The number of nitrogens with zero attached hydrogens (tertiary/aromatic N) is 1. The van der Waals surface area contributed by atoms with Crippen molar-refractivity contribution in [3.63, 3.8) is 0 Å². The second-order valence-corrected chi connectivity index (χ2v) is 7.08. The number of carbonyl (C=O) groups is 3. The molecule has 6 heteroatoms. The third kappa shape index (κ3) is 3.15. The molecule has 0 unspecified atom stereocenters. The number of imide groups is 1. The Balaban J connectivity index is 1.64. The summed E-state index contributed by atoms with van der Waals surface area (Å²) >= 11 is 3.46. The van der Waals surface area contributed by atoms with Gasteiger partial charge in [-0.1, -0.05) is 46.3 Å². The van der Waals surface area contributed by atoms with E-state index >= 15 is 0 Å². The number of fused-ring (bicyclic) bond motifs is 1. The van der Waals surface area contributed by atoms with Crippen molar-refractivity contribution in [1.29, 1.82) is 0 Å². The molecule has 1 aromatic rings. The number of likely N-dealkylation sites (tertiary alicyclic amines) is 1. The van der Waals surface area contributed by atoms with Gasteiger partial charge in [0.2, 0.25) is 17.7 Å². The predicted molar refractivity (Wildman–Crippen MR) is 92.8 cm³/mol. The summed E-state index contributed by atoms with van der Waals surface area (Å²) in [7, 11) is 0. The van der Waals surface area contributed by atoms with Crippen LogP contribution in [0.2, 0.25) is 0 Å². The van der Waals surface area contributed by atoms with Gasteiger partial charge in [0.15, 0.2) is 0 Å². The highest BCUT2D eigenvalue weighted by Gasteiger charge is 2.47. The van der Waals surface area contributed by atoms with Crippen molar-refractivity contribution in [3.05, 3.63) is 46.5 Å². The topological polar surface area (TPSA) is 66.5 Å². The van der Waals surface area contributed by atoms with Crippen molar-refractivity contribution in [3.8, 4) is 0 Å². The summed E-state index contributed by atoms with van der Waals surface area (Å²) < 4.78 is 0.906. The average Bonchev–Trinajstić information content (AvgIpc) is 2.80. The lowest BCUT2D eigenvalue weighted by Crippen LogP contribution is -2.41. The minimum absolute atomic E-state index is 0.209. The van der Waals surface area contributed by atoms with Crippen molar-refractivity contribution >= 4 is 33.7 Å². The number of nitrogens with one attached hydrogen (secondary N) is 1. The Hall–Kier alpha value is -1.95. The van der Waals surface area contributed by atoms with Crippen LogP contribution in [0.3, 0.4) is 0 Å². The van der Waals surface area contributed by atoms with Crippen LogP contribution in [0.4, 0.5) is 0 Å². The molecule has 24 heavy (non-hydrogen) atoms. The van der Waals surface area contributed by atoms with E-state index in [0.717, 1.165) is 14.9 Å². The van der Waals surface area contributed by atoms with Crippen molar-refractivity contribution < 1.29 is 14.4 Å². The van der Waals surface area contributed by atoms with E-state index in [1.165, 1.54) is 0 Å². The molecular formula is C18H19BrN2O3. The molecule has 5 nitrogen and oxygen atoms in total. The van der Waals surface area contributed by atoms with Crippen LogP contribution < -0.4 is 5.32 Å². The van der Waals surface area contributed by atoms with Crippen LogP contribution in [-0.2, 0) is 14.4 Å². The molecule has 3 rings (SSSR count). The SMILES string of the molecule is C[C@@H](NC(=O)CN1C(=O)[C@H]2CC=CC[C@H]2C1=O)c1ccccc1Br. The monoisotopic (exact) mass is 390 g/mol. The molecule has 1 aliphatic carbocycles. The fourth-order valence-electron chi connectivity index (χ4n) is 3.36. The first-order valence-corrected chi connectivity index (χ1v) is 8.82. The smallest absolute Gasteiger partial charge is 0.240 e. The Morgan fingerprint density at radius 1 is 1.21 bits per heavy atom. The Morgan fingerprint density at radius 3 is 2.38 bits per heavy atom. The molecule has 1 saturated heterocycles. The number of rotatable bonds is 4. The fraction of sp³-hybridized carbons (Fsp3) is 0.389. The molecular weight excluding hydrogens is 372 g/mol. The largest absolute Gasteiger partial charge is 0.348 e. The Bertz CT molecular complexity index is 690. The number of allylic oxidation sites excluding steroid dienone is 2. The van der Waals surface area contributed by atoms with E-state index in [1.807, 2.05) is 43.3 Å². The maximum Gasteiger partial charge on any atom is 0.240 e. The zero-order valence-electron chi connectivity index (χ0n) is 13.4. The van der Waals surface area contributed by atoms with E-state index in [2.05, 4.69) is 21.2 Å². The average molecular weight is 391 g/mol. The van der Waals surface area contributed by atoms with Gasteiger partial charge in [-0.25, -0.2) is 0 Å². The number of halogens is 1. The van der Waals surface area contributed by atoms with Gasteiger partial charge >= 0.3 is 0 Å². The molecule has 0 spiro atoms. The lowest BCUT2D eigenvalue weighted by molar-refractivity contribution is -0.143. The van der Waals surface area contributed by atoms with Gasteiger partial charge in [-0.3, -0.25) is 19.3 Å². The summed E-state index contributed by atoms with van der Waals surface area (Å²) in [6.45, 7) is 1.66.